The standard InChI is InChI=1S/C19H32N2O2/c1-6-23-18-12-15(11-16(20)9-13(2)3)7-8-17(18)21-19(22)10-14(4)5/h7-8,12-14,16H,6,9-11,20H2,1-5H3,(H,21,22). The molecule has 3 N–H and O–H groups in total. The Hall–Kier alpha value is -1.55. The smallest absolute Gasteiger partial charge is 0.224 e. The molecule has 0 aromatic heterocycles. The maximum Gasteiger partial charge on any atom is 0.224 e. The number of rotatable bonds is 9. The van der Waals surface area contributed by atoms with Crippen LogP contribution in [0, 0.1) is 11.8 Å². The molecule has 1 aromatic rings. The maximum absolute atomic E-state index is 12.0. The highest BCUT2D eigenvalue weighted by atomic mass is 16.5. The summed E-state index contributed by atoms with van der Waals surface area (Å²) in [4.78, 5) is 12.0. The molecule has 0 bridgehead atoms. The van der Waals surface area contributed by atoms with Crippen molar-refractivity contribution in [3.05, 3.63) is 23.8 Å². The molecule has 0 saturated carbocycles. The SMILES string of the molecule is CCOc1cc(CC(N)CC(C)C)ccc1NC(=O)CC(C)C. The molecule has 0 aliphatic heterocycles. The number of carbonyl (C=O) groups is 1. The molecule has 1 aromatic carbocycles. The number of hydrogen-bond acceptors (Lipinski definition) is 3. The fourth-order valence-corrected chi connectivity index (χ4v) is 2.64. The van der Waals surface area contributed by atoms with Crippen LogP contribution >= 0.6 is 0 Å². The van der Waals surface area contributed by atoms with Gasteiger partial charge in [0, 0.05) is 12.5 Å². The van der Waals surface area contributed by atoms with Crippen LogP contribution < -0.4 is 15.8 Å². The molecule has 4 heteroatoms. The second kappa shape index (κ2) is 9.56. The number of anilines is 1. The monoisotopic (exact) mass is 320 g/mol. The summed E-state index contributed by atoms with van der Waals surface area (Å²) in [5.74, 6) is 1.66. The van der Waals surface area contributed by atoms with Crippen molar-refractivity contribution in [3.63, 3.8) is 0 Å². The normalized spacial score (nSPS) is 12.5. The second-order valence-corrected chi connectivity index (χ2v) is 7.00. The van der Waals surface area contributed by atoms with E-state index < -0.39 is 0 Å². The summed E-state index contributed by atoms with van der Waals surface area (Å²) >= 11 is 0. The van der Waals surface area contributed by atoms with Crippen molar-refractivity contribution >= 4 is 11.6 Å². The van der Waals surface area contributed by atoms with Crippen molar-refractivity contribution in [1.82, 2.24) is 0 Å². The fourth-order valence-electron chi connectivity index (χ4n) is 2.64. The van der Waals surface area contributed by atoms with Gasteiger partial charge >= 0.3 is 0 Å². The summed E-state index contributed by atoms with van der Waals surface area (Å²) in [6.45, 7) is 10.9. The molecular weight excluding hydrogens is 288 g/mol. The van der Waals surface area contributed by atoms with Gasteiger partial charge in [0.25, 0.3) is 0 Å². The Morgan fingerprint density at radius 1 is 1.22 bits per heavy atom. The van der Waals surface area contributed by atoms with Crippen LogP contribution in [0.3, 0.4) is 0 Å². The highest BCUT2D eigenvalue weighted by Crippen LogP contribution is 2.27. The lowest BCUT2D eigenvalue weighted by Gasteiger charge is -2.17. The van der Waals surface area contributed by atoms with Crippen LogP contribution in [0.1, 0.15) is 53.0 Å². The number of hydrogen-bond donors (Lipinski definition) is 2. The summed E-state index contributed by atoms with van der Waals surface area (Å²) < 4.78 is 5.69. The van der Waals surface area contributed by atoms with Crippen LogP contribution in [-0.4, -0.2) is 18.6 Å². The molecule has 0 aliphatic carbocycles. The molecular formula is C19H32N2O2. The number of nitrogens with one attached hydrogen (secondary N) is 1. The minimum atomic E-state index is 0.0187. The topological polar surface area (TPSA) is 64.3 Å². The Labute approximate surface area is 140 Å². The third-order valence-electron chi connectivity index (χ3n) is 3.49. The highest BCUT2D eigenvalue weighted by Gasteiger charge is 2.12. The summed E-state index contributed by atoms with van der Waals surface area (Å²) in [6, 6.07) is 6.08. The zero-order valence-corrected chi connectivity index (χ0v) is 15.2. The van der Waals surface area contributed by atoms with Crippen molar-refractivity contribution in [2.75, 3.05) is 11.9 Å². The van der Waals surface area contributed by atoms with Crippen molar-refractivity contribution in [1.29, 1.82) is 0 Å². The van der Waals surface area contributed by atoms with Gasteiger partial charge in [-0.05, 0) is 49.3 Å². The minimum absolute atomic E-state index is 0.0187. The van der Waals surface area contributed by atoms with E-state index in [4.69, 9.17) is 10.5 Å². The number of carbonyl (C=O) groups excluding carboxylic acids is 1. The number of nitrogens with two attached hydrogens (primary N) is 1. The van der Waals surface area contributed by atoms with Crippen molar-refractivity contribution < 1.29 is 9.53 Å². The lowest BCUT2D eigenvalue weighted by molar-refractivity contribution is -0.116. The lowest BCUT2D eigenvalue weighted by Crippen LogP contribution is -2.24. The molecule has 1 rings (SSSR count). The molecule has 1 amide bonds. The Morgan fingerprint density at radius 2 is 1.91 bits per heavy atom. The Bertz CT molecular complexity index is 498. The summed E-state index contributed by atoms with van der Waals surface area (Å²) in [5, 5.41) is 2.94. The number of benzene rings is 1. The fraction of sp³-hybridized carbons (Fsp3) is 0.632. The lowest BCUT2D eigenvalue weighted by atomic mass is 9.98. The highest BCUT2D eigenvalue weighted by molar-refractivity contribution is 5.92. The predicted molar refractivity (Wildman–Crippen MR) is 96.8 cm³/mol. The van der Waals surface area contributed by atoms with Crippen LogP contribution in [-0.2, 0) is 11.2 Å². The van der Waals surface area contributed by atoms with Crippen molar-refractivity contribution in [2.24, 2.45) is 17.6 Å². The molecule has 23 heavy (non-hydrogen) atoms. The zero-order chi connectivity index (χ0) is 17.4. The van der Waals surface area contributed by atoms with E-state index in [0.29, 0.717) is 24.9 Å². The maximum atomic E-state index is 12.0. The van der Waals surface area contributed by atoms with Crippen molar-refractivity contribution in [2.45, 2.75) is 59.9 Å². The van der Waals surface area contributed by atoms with Gasteiger partial charge in [0.15, 0.2) is 0 Å². The van der Waals surface area contributed by atoms with E-state index in [9.17, 15) is 4.79 Å². The number of amides is 1. The van der Waals surface area contributed by atoms with Gasteiger partial charge in [-0.3, -0.25) is 4.79 Å². The van der Waals surface area contributed by atoms with Gasteiger partial charge in [-0.1, -0.05) is 33.8 Å². The summed E-state index contributed by atoms with van der Waals surface area (Å²) in [5.41, 5.74) is 8.07. The Kier molecular flexibility index (Phi) is 8.10. The first-order valence-electron chi connectivity index (χ1n) is 8.62. The molecule has 130 valence electrons. The molecule has 0 aliphatic rings. The minimum Gasteiger partial charge on any atom is -0.492 e. The van der Waals surface area contributed by atoms with E-state index >= 15 is 0 Å². The molecule has 1 unspecified atom stereocenters. The van der Waals surface area contributed by atoms with Gasteiger partial charge in [-0.15, -0.1) is 0 Å². The Morgan fingerprint density at radius 3 is 2.48 bits per heavy atom. The van der Waals surface area contributed by atoms with Gasteiger partial charge < -0.3 is 15.8 Å². The van der Waals surface area contributed by atoms with Crippen LogP contribution in [0.4, 0.5) is 5.69 Å². The average Bonchev–Trinajstić information content (AvgIpc) is 2.40. The zero-order valence-electron chi connectivity index (χ0n) is 15.2. The molecule has 0 radical (unpaired) electrons. The van der Waals surface area contributed by atoms with Crippen LogP contribution in [0.2, 0.25) is 0 Å². The van der Waals surface area contributed by atoms with Gasteiger partial charge in [-0.25, -0.2) is 0 Å². The van der Waals surface area contributed by atoms with E-state index in [2.05, 4.69) is 19.2 Å². The third kappa shape index (κ3) is 7.51. The third-order valence-corrected chi connectivity index (χ3v) is 3.49. The van der Waals surface area contributed by atoms with Gasteiger partial charge in [0.1, 0.15) is 5.75 Å². The van der Waals surface area contributed by atoms with Gasteiger partial charge in [0.2, 0.25) is 5.91 Å². The number of ether oxygens (including phenoxy) is 1. The van der Waals surface area contributed by atoms with Crippen LogP contribution in [0.15, 0.2) is 18.2 Å². The largest absolute Gasteiger partial charge is 0.492 e. The predicted octanol–water partition coefficient (Wildman–Crippen LogP) is 3.99. The van der Waals surface area contributed by atoms with Gasteiger partial charge in [0.05, 0.1) is 12.3 Å². The van der Waals surface area contributed by atoms with Crippen LogP contribution in [0.5, 0.6) is 5.75 Å². The molecule has 0 spiro atoms. The molecule has 0 saturated heterocycles. The van der Waals surface area contributed by atoms with Crippen LogP contribution in [0.25, 0.3) is 0 Å². The average molecular weight is 320 g/mol. The van der Waals surface area contributed by atoms with E-state index in [1.165, 1.54) is 0 Å². The first-order chi connectivity index (χ1) is 10.8. The van der Waals surface area contributed by atoms with Gasteiger partial charge in [-0.2, -0.15) is 0 Å². The molecule has 1 atom stereocenters. The Balaban J connectivity index is 2.82. The first kappa shape index (κ1) is 19.5. The quantitative estimate of drug-likeness (QED) is 0.723. The molecule has 0 heterocycles. The molecule has 4 nitrogen and oxygen atoms in total. The van der Waals surface area contributed by atoms with E-state index in [1.807, 2.05) is 39.0 Å². The second-order valence-electron chi connectivity index (χ2n) is 7.00. The van der Waals surface area contributed by atoms with Crippen molar-refractivity contribution in [3.8, 4) is 5.75 Å². The van der Waals surface area contributed by atoms with E-state index in [1.54, 1.807) is 0 Å². The summed E-state index contributed by atoms with van der Waals surface area (Å²) in [7, 11) is 0. The van der Waals surface area contributed by atoms with E-state index in [-0.39, 0.29) is 11.9 Å². The summed E-state index contributed by atoms with van der Waals surface area (Å²) in [6.07, 6.45) is 2.32. The van der Waals surface area contributed by atoms with E-state index in [0.717, 1.165) is 29.8 Å². The first-order valence-corrected chi connectivity index (χ1v) is 8.62. The molecule has 0 fully saturated rings.